The smallest absolute Gasteiger partial charge is 0.0663 e. The summed E-state index contributed by atoms with van der Waals surface area (Å²) in [5.74, 6) is 0. The molecule has 2 rings (SSSR count). The summed E-state index contributed by atoms with van der Waals surface area (Å²) in [4.78, 5) is 0. The first kappa shape index (κ1) is 7.09. The van der Waals surface area contributed by atoms with E-state index in [1.54, 1.807) is 17.8 Å². The lowest BCUT2D eigenvalue weighted by molar-refractivity contribution is 0.202. The first-order valence-electron chi connectivity index (χ1n) is 4.73. The van der Waals surface area contributed by atoms with Gasteiger partial charge in [-0.2, -0.15) is 5.10 Å². The molecule has 0 amide bonds. The summed E-state index contributed by atoms with van der Waals surface area (Å²) in [6.45, 7) is 0.709. The summed E-state index contributed by atoms with van der Waals surface area (Å²) in [5, 5.41) is 4.08. The summed E-state index contributed by atoms with van der Waals surface area (Å²) in [6.07, 6.45) is 4.36. The maximum absolute atomic E-state index is 7.54. The van der Waals surface area contributed by atoms with Crippen molar-refractivity contribution in [3.8, 4) is 0 Å². The fourth-order valence-electron chi connectivity index (χ4n) is 1.27. The van der Waals surface area contributed by atoms with Gasteiger partial charge in [0.2, 0.25) is 0 Å². The third kappa shape index (κ3) is 1.70. The first-order valence-corrected chi connectivity index (χ1v) is 4.23. The number of hydrogen-bond donors (Lipinski definition) is 0. The van der Waals surface area contributed by atoms with E-state index in [0.29, 0.717) is 12.6 Å². The average Bonchev–Trinajstić information content (AvgIpc) is 2.57. The molecule has 3 heteroatoms. The molecule has 0 bridgehead atoms. The van der Waals surface area contributed by atoms with Crippen LogP contribution in [0.4, 0.5) is 0 Å². The molecular weight excluding hydrogens is 164 g/mol. The molecule has 0 unspecified atom stereocenters. The molecule has 0 fully saturated rings. The van der Waals surface area contributed by atoms with Crippen molar-refractivity contribution in [2.24, 2.45) is 0 Å². The van der Waals surface area contributed by atoms with Gasteiger partial charge in [0.15, 0.2) is 0 Å². The highest BCUT2D eigenvalue weighted by molar-refractivity contribution is 5.45. The molecule has 0 aliphatic rings. The zero-order valence-electron chi connectivity index (χ0n) is 8.53. The predicted molar refractivity (Wildman–Crippen MR) is 50.8 cm³/mol. The van der Waals surface area contributed by atoms with E-state index >= 15 is 0 Å². The SMILES string of the molecule is [2H]c1cnn2cc(CCOC)ccc12. The Morgan fingerprint density at radius 3 is 3.38 bits per heavy atom. The zero-order valence-corrected chi connectivity index (χ0v) is 7.53. The van der Waals surface area contributed by atoms with E-state index in [-0.39, 0.29) is 0 Å². The van der Waals surface area contributed by atoms with Crippen LogP contribution >= 0.6 is 0 Å². The van der Waals surface area contributed by atoms with Crippen molar-refractivity contribution in [2.45, 2.75) is 6.42 Å². The van der Waals surface area contributed by atoms with Crippen molar-refractivity contribution in [3.63, 3.8) is 0 Å². The van der Waals surface area contributed by atoms with Gasteiger partial charge in [0.1, 0.15) is 0 Å². The van der Waals surface area contributed by atoms with Crippen molar-refractivity contribution in [2.75, 3.05) is 13.7 Å². The number of pyridine rings is 1. The molecule has 0 N–H and O–H groups in total. The second kappa shape index (κ2) is 3.58. The minimum atomic E-state index is 0.461. The fourth-order valence-corrected chi connectivity index (χ4v) is 1.27. The Labute approximate surface area is 78.4 Å². The van der Waals surface area contributed by atoms with E-state index in [0.717, 1.165) is 11.9 Å². The summed E-state index contributed by atoms with van der Waals surface area (Å²) in [6, 6.07) is 4.39. The molecule has 0 aromatic carbocycles. The lowest BCUT2D eigenvalue weighted by Crippen LogP contribution is -1.96. The molecule has 2 heterocycles. The second-order valence-corrected chi connectivity index (χ2v) is 2.90. The fraction of sp³-hybridized carbons (Fsp3) is 0.300. The zero-order chi connectivity index (χ0) is 9.97. The normalized spacial score (nSPS) is 11.9. The quantitative estimate of drug-likeness (QED) is 0.710. The van der Waals surface area contributed by atoms with Crippen LogP contribution in [0.1, 0.15) is 6.93 Å². The minimum Gasteiger partial charge on any atom is -0.384 e. The lowest BCUT2D eigenvalue weighted by Gasteiger charge is -2.00. The number of ether oxygens (including phenoxy) is 1. The van der Waals surface area contributed by atoms with Gasteiger partial charge in [-0.3, -0.25) is 0 Å². The molecule has 0 radical (unpaired) electrons. The predicted octanol–water partition coefficient (Wildman–Crippen LogP) is 1.52. The maximum Gasteiger partial charge on any atom is 0.0663 e. The average molecular weight is 177 g/mol. The number of fused-ring (bicyclic) bond motifs is 1. The van der Waals surface area contributed by atoms with E-state index in [1.165, 1.54) is 5.56 Å². The molecule has 3 nitrogen and oxygen atoms in total. The van der Waals surface area contributed by atoms with Gasteiger partial charge in [0, 0.05) is 19.5 Å². The minimum absolute atomic E-state index is 0.461. The topological polar surface area (TPSA) is 26.5 Å². The molecule has 0 saturated carbocycles. The van der Waals surface area contributed by atoms with Gasteiger partial charge in [0.05, 0.1) is 13.5 Å². The van der Waals surface area contributed by atoms with Crippen molar-refractivity contribution in [3.05, 3.63) is 36.1 Å². The van der Waals surface area contributed by atoms with Gasteiger partial charge in [0.25, 0.3) is 0 Å². The molecule has 0 spiro atoms. The maximum atomic E-state index is 7.54. The van der Waals surface area contributed by atoms with Gasteiger partial charge in [-0.15, -0.1) is 0 Å². The van der Waals surface area contributed by atoms with E-state index < -0.39 is 0 Å². The molecule has 2 aromatic heterocycles. The van der Waals surface area contributed by atoms with Crippen LogP contribution in [0.2, 0.25) is 0 Å². The monoisotopic (exact) mass is 177 g/mol. The third-order valence-electron chi connectivity index (χ3n) is 1.98. The van der Waals surface area contributed by atoms with E-state index in [2.05, 4.69) is 5.10 Å². The number of nitrogens with zero attached hydrogens (tertiary/aromatic N) is 2. The Kier molecular flexibility index (Phi) is 1.95. The summed E-state index contributed by atoms with van der Waals surface area (Å²) < 4.78 is 14.3. The number of hydrogen-bond acceptors (Lipinski definition) is 2. The van der Waals surface area contributed by atoms with Crippen LogP contribution in [0.15, 0.2) is 30.6 Å². The first-order chi connectivity index (χ1) is 6.81. The standard InChI is InChI=1S/C10H12N2O/c1-13-7-5-9-2-3-10-4-6-11-12(10)8-9/h2-4,6,8H,5,7H2,1H3/i4D. The third-order valence-corrected chi connectivity index (χ3v) is 1.98. The Morgan fingerprint density at radius 2 is 2.54 bits per heavy atom. The molecule has 2 aromatic rings. The largest absolute Gasteiger partial charge is 0.384 e. The van der Waals surface area contributed by atoms with Crippen LogP contribution in [0.3, 0.4) is 0 Å². The second-order valence-electron chi connectivity index (χ2n) is 2.90. The van der Waals surface area contributed by atoms with Gasteiger partial charge < -0.3 is 4.74 Å². The van der Waals surface area contributed by atoms with E-state index in [1.807, 2.05) is 18.3 Å². The van der Waals surface area contributed by atoms with Gasteiger partial charge in [-0.1, -0.05) is 6.07 Å². The van der Waals surface area contributed by atoms with E-state index in [9.17, 15) is 0 Å². The molecule has 0 saturated heterocycles. The van der Waals surface area contributed by atoms with Crippen LogP contribution in [0.25, 0.3) is 5.52 Å². The van der Waals surface area contributed by atoms with Crippen LogP contribution in [-0.2, 0) is 11.2 Å². The summed E-state index contributed by atoms with van der Waals surface area (Å²) >= 11 is 0. The summed E-state index contributed by atoms with van der Waals surface area (Å²) in [7, 11) is 1.69. The van der Waals surface area contributed by atoms with E-state index in [4.69, 9.17) is 6.11 Å². The van der Waals surface area contributed by atoms with Crippen LogP contribution in [0, 0.1) is 0 Å². The van der Waals surface area contributed by atoms with Crippen LogP contribution < -0.4 is 0 Å². The molecule has 0 atom stereocenters. The van der Waals surface area contributed by atoms with Crippen molar-refractivity contribution in [1.82, 2.24) is 9.61 Å². The molecular formula is C10H12N2O. The van der Waals surface area contributed by atoms with Gasteiger partial charge in [-0.25, -0.2) is 4.52 Å². The molecule has 0 aliphatic heterocycles. The van der Waals surface area contributed by atoms with Gasteiger partial charge in [-0.05, 0) is 24.1 Å². The Morgan fingerprint density at radius 1 is 1.62 bits per heavy atom. The Bertz CT molecular complexity index is 439. The highest BCUT2D eigenvalue weighted by atomic mass is 16.5. The Hall–Kier alpha value is -1.35. The molecule has 13 heavy (non-hydrogen) atoms. The Balaban J connectivity index is 2.32. The number of rotatable bonds is 3. The molecule has 68 valence electrons. The van der Waals surface area contributed by atoms with Crippen LogP contribution in [-0.4, -0.2) is 23.3 Å². The van der Waals surface area contributed by atoms with Gasteiger partial charge >= 0.3 is 0 Å². The highest BCUT2D eigenvalue weighted by Crippen LogP contribution is 2.05. The van der Waals surface area contributed by atoms with Crippen molar-refractivity contribution in [1.29, 1.82) is 0 Å². The van der Waals surface area contributed by atoms with Crippen LogP contribution in [0.5, 0.6) is 0 Å². The highest BCUT2D eigenvalue weighted by Gasteiger charge is 1.95. The lowest BCUT2D eigenvalue weighted by atomic mass is 10.2. The van der Waals surface area contributed by atoms with Crippen molar-refractivity contribution < 1.29 is 6.11 Å². The summed E-state index contributed by atoms with van der Waals surface area (Å²) in [5.41, 5.74) is 2.01. The van der Waals surface area contributed by atoms with Crippen molar-refractivity contribution >= 4 is 5.52 Å². The number of aromatic nitrogens is 2. The number of methoxy groups -OCH3 is 1. The molecule has 0 aliphatic carbocycles.